The molecule has 2 rings (SSSR count). The number of carbonyl (C=O) groups is 1. The molecule has 0 aromatic carbocycles. The molecule has 0 radical (unpaired) electrons. The van der Waals surface area contributed by atoms with E-state index in [0.717, 1.165) is 24.2 Å². The lowest BCUT2D eigenvalue weighted by atomic mass is 10.1. The molecule has 0 saturated heterocycles. The number of Topliss-reactive ketones (excluding diaryl/α,β-unsaturated/α-hetero) is 1. The van der Waals surface area contributed by atoms with Crippen LogP contribution in [0.5, 0.6) is 0 Å². The Labute approximate surface area is 83.6 Å². The zero-order valence-electron chi connectivity index (χ0n) is 8.58. The lowest BCUT2D eigenvalue weighted by molar-refractivity contribution is 0.0982. The van der Waals surface area contributed by atoms with E-state index in [1.807, 2.05) is 6.92 Å². The molecule has 0 spiro atoms. The molecule has 0 aliphatic heterocycles. The highest BCUT2D eigenvalue weighted by Gasteiger charge is 2.22. The Balaban J connectivity index is 2.37. The van der Waals surface area contributed by atoms with Gasteiger partial charge in [0, 0.05) is 12.3 Å². The Morgan fingerprint density at radius 2 is 2.43 bits per heavy atom. The van der Waals surface area contributed by atoms with Crippen LogP contribution >= 0.6 is 0 Å². The van der Waals surface area contributed by atoms with Crippen LogP contribution in [0.15, 0.2) is 6.20 Å². The number of hydrogen-bond donors (Lipinski definition) is 0. The van der Waals surface area contributed by atoms with Crippen LogP contribution in [0.2, 0.25) is 0 Å². The number of ketones is 1. The zero-order valence-corrected chi connectivity index (χ0v) is 8.58. The SMILES string of the molecule is CCC(=O)c1cnc2c(n1)CCC2C. The summed E-state index contributed by atoms with van der Waals surface area (Å²) in [6, 6.07) is 0. The molecule has 74 valence electrons. The Bertz CT molecular complexity index is 374. The molecular weight excluding hydrogens is 176 g/mol. The summed E-state index contributed by atoms with van der Waals surface area (Å²) in [6.45, 7) is 4.00. The number of hydrogen-bond acceptors (Lipinski definition) is 3. The minimum atomic E-state index is 0.0832. The van der Waals surface area contributed by atoms with E-state index in [9.17, 15) is 4.79 Å². The molecule has 14 heavy (non-hydrogen) atoms. The number of nitrogens with zero attached hydrogens (tertiary/aromatic N) is 2. The first-order chi connectivity index (χ1) is 6.72. The van der Waals surface area contributed by atoms with Gasteiger partial charge in [-0.15, -0.1) is 0 Å². The van der Waals surface area contributed by atoms with Gasteiger partial charge in [-0.25, -0.2) is 4.98 Å². The van der Waals surface area contributed by atoms with Crippen LogP contribution in [0, 0.1) is 0 Å². The van der Waals surface area contributed by atoms with Crippen molar-refractivity contribution in [3.63, 3.8) is 0 Å². The molecule has 3 heteroatoms. The summed E-state index contributed by atoms with van der Waals surface area (Å²) in [5, 5.41) is 0. The topological polar surface area (TPSA) is 42.9 Å². The fraction of sp³-hybridized carbons (Fsp3) is 0.545. The molecule has 1 unspecified atom stereocenters. The van der Waals surface area contributed by atoms with Crippen molar-refractivity contribution < 1.29 is 4.79 Å². The van der Waals surface area contributed by atoms with Gasteiger partial charge in [0.2, 0.25) is 0 Å². The van der Waals surface area contributed by atoms with Gasteiger partial charge in [0.1, 0.15) is 5.69 Å². The van der Waals surface area contributed by atoms with E-state index in [4.69, 9.17) is 0 Å². The minimum absolute atomic E-state index is 0.0832. The monoisotopic (exact) mass is 190 g/mol. The molecule has 1 aliphatic rings. The van der Waals surface area contributed by atoms with Gasteiger partial charge in [-0.05, 0) is 12.8 Å². The molecule has 0 fully saturated rings. The molecule has 0 bridgehead atoms. The van der Waals surface area contributed by atoms with Crippen LogP contribution in [0.3, 0.4) is 0 Å². The average molecular weight is 190 g/mol. The predicted molar refractivity (Wildman–Crippen MR) is 53.4 cm³/mol. The van der Waals surface area contributed by atoms with E-state index < -0.39 is 0 Å². The van der Waals surface area contributed by atoms with Crippen molar-refractivity contribution in [3.05, 3.63) is 23.3 Å². The Morgan fingerprint density at radius 3 is 3.14 bits per heavy atom. The van der Waals surface area contributed by atoms with Crippen molar-refractivity contribution in [3.8, 4) is 0 Å². The fourth-order valence-electron chi connectivity index (χ4n) is 1.84. The Morgan fingerprint density at radius 1 is 1.64 bits per heavy atom. The maximum absolute atomic E-state index is 11.4. The van der Waals surface area contributed by atoms with Crippen LogP contribution in [-0.4, -0.2) is 15.8 Å². The molecule has 1 aromatic heterocycles. The molecule has 1 aliphatic carbocycles. The highest BCUT2D eigenvalue weighted by atomic mass is 16.1. The first-order valence-corrected chi connectivity index (χ1v) is 5.11. The van der Waals surface area contributed by atoms with Crippen LogP contribution < -0.4 is 0 Å². The van der Waals surface area contributed by atoms with E-state index in [-0.39, 0.29) is 5.78 Å². The van der Waals surface area contributed by atoms with Crippen molar-refractivity contribution in [1.29, 1.82) is 0 Å². The third kappa shape index (κ3) is 1.43. The standard InChI is InChI=1S/C11H14N2O/c1-3-10(14)9-6-12-11-7(2)4-5-8(11)13-9/h6-7H,3-5H2,1-2H3. The largest absolute Gasteiger partial charge is 0.292 e. The predicted octanol–water partition coefficient (Wildman–Crippen LogP) is 2.12. The van der Waals surface area contributed by atoms with Gasteiger partial charge >= 0.3 is 0 Å². The molecule has 1 aromatic rings. The summed E-state index contributed by atoms with van der Waals surface area (Å²) in [5.74, 6) is 0.586. The van der Waals surface area contributed by atoms with E-state index in [1.165, 1.54) is 0 Å². The highest BCUT2D eigenvalue weighted by Crippen LogP contribution is 2.29. The summed E-state index contributed by atoms with van der Waals surface area (Å²) in [7, 11) is 0. The first-order valence-electron chi connectivity index (χ1n) is 5.11. The van der Waals surface area contributed by atoms with Gasteiger partial charge in [-0.1, -0.05) is 13.8 Å². The maximum Gasteiger partial charge on any atom is 0.182 e. The quantitative estimate of drug-likeness (QED) is 0.671. The molecule has 3 nitrogen and oxygen atoms in total. The summed E-state index contributed by atoms with van der Waals surface area (Å²) < 4.78 is 0. The third-order valence-corrected chi connectivity index (χ3v) is 2.76. The summed E-state index contributed by atoms with van der Waals surface area (Å²) in [4.78, 5) is 20.1. The van der Waals surface area contributed by atoms with Crippen molar-refractivity contribution in [2.75, 3.05) is 0 Å². The van der Waals surface area contributed by atoms with E-state index in [1.54, 1.807) is 6.20 Å². The van der Waals surface area contributed by atoms with Gasteiger partial charge in [0.15, 0.2) is 5.78 Å². The number of carbonyl (C=O) groups excluding carboxylic acids is 1. The number of fused-ring (bicyclic) bond motifs is 1. The van der Waals surface area contributed by atoms with Crippen molar-refractivity contribution in [1.82, 2.24) is 9.97 Å². The summed E-state index contributed by atoms with van der Waals surface area (Å²) in [5.41, 5.74) is 2.63. The number of aromatic nitrogens is 2. The summed E-state index contributed by atoms with van der Waals surface area (Å²) in [6.07, 6.45) is 4.20. The molecule has 1 heterocycles. The molecule has 0 amide bonds. The second-order valence-electron chi connectivity index (χ2n) is 3.80. The molecule has 0 saturated carbocycles. The average Bonchev–Trinajstić information content (AvgIpc) is 2.59. The molecule has 1 atom stereocenters. The van der Waals surface area contributed by atoms with Crippen LogP contribution in [-0.2, 0) is 6.42 Å². The van der Waals surface area contributed by atoms with E-state index in [0.29, 0.717) is 18.0 Å². The van der Waals surface area contributed by atoms with Crippen molar-refractivity contribution in [2.24, 2.45) is 0 Å². The van der Waals surface area contributed by atoms with E-state index >= 15 is 0 Å². The maximum atomic E-state index is 11.4. The second-order valence-corrected chi connectivity index (χ2v) is 3.80. The highest BCUT2D eigenvalue weighted by molar-refractivity contribution is 5.93. The molecule has 0 N–H and O–H groups in total. The number of rotatable bonds is 2. The molecular formula is C11H14N2O. The third-order valence-electron chi connectivity index (χ3n) is 2.76. The van der Waals surface area contributed by atoms with Crippen molar-refractivity contribution in [2.45, 2.75) is 39.0 Å². The first kappa shape index (κ1) is 9.31. The van der Waals surface area contributed by atoms with Crippen LogP contribution in [0.25, 0.3) is 0 Å². The normalized spacial score (nSPS) is 19.4. The minimum Gasteiger partial charge on any atom is -0.292 e. The van der Waals surface area contributed by atoms with E-state index in [2.05, 4.69) is 16.9 Å². The van der Waals surface area contributed by atoms with Gasteiger partial charge in [0.25, 0.3) is 0 Å². The van der Waals surface area contributed by atoms with Gasteiger partial charge in [0.05, 0.1) is 17.6 Å². The smallest absolute Gasteiger partial charge is 0.182 e. The van der Waals surface area contributed by atoms with Crippen LogP contribution in [0.4, 0.5) is 0 Å². The van der Waals surface area contributed by atoms with Gasteiger partial charge in [-0.2, -0.15) is 0 Å². The Hall–Kier alpha value is -1.25. The lowest BCUT2D eigenvalue weighted by Gasteiger charge is -2.03. The Kier molecular flexibility index (Phi) is 2.32. The van der Waals surface area contributed by atoms with Crippen LogP contribution in [0.1, 0.15) is 54.5 Å². The lowest BCUT2D eigenvalue weighted by Crippen LogP contribution is -2.05. The summed E-state index contributed by atoms with van der Waals surface area (Å²) >= 11 is 0. The number of aryl methyl sites for hydroxylation is 1. The van der Waals surface area contributed by atoms with Gasteiger partial charge < -0.3 is 0 Å². The van der Waals surface area contributed by atoms with Gasteiger partial charge in [-0.3, -0.25) is 9.78 Å². The second kappa shape index (κ2) is 3.48. The fourth-order valence-corrected chi connectivity index (χ4v) is 1.84. The van der Waals surface area contributed by atoms with Crippen molar-refractivity contribution >= 4 is 5.78 Å². The zero-order chi connectivity index (χ0) is 10.1.